The van der Waals surface area contributed by atoms with E-state index in [1.165, 1.54) is 18.3 Å². The zero-order valence-corrected chi connectivity index (χ0v) is 16.8. The molecule has 1 amide bonds. The summed E-state index contributed by atoms with van der Waals surface area (Å²) >= 11 is 1.33. The number of rotatable bonds is 5. The summed E-state index contributed by atoms with van der Waals surface area (Å²) in [5, 5.41) is 3.28. The lowest BCUT2D eigenvalue weighted by molar-refractivity contribution is -0.115. The third-order valence-corrected chi connectivity index (χ3v) is 5.28. The van der Waals surface area contributed by atoms with Gasteiger partial charge in [0.05, 0.1) is 11.4 Å². The van der Waals surface area contributed by atoms with E-state index in [0.29, 0.717) is 16.5 Å². The van der Waals surface area contributed by atoms with Crippen LogP contribution < -0.4 is 4.90 Å². The number of ether oxygens (including phenoxy) is 1. The van der Waals surface area contributed by atoms with E-state index in [2.05, 4.69) is 9.97 Å². The zero-order chi connectivity index (χ0) is 20.4. The highest BCUT2D eigenvalue weighted by Gasteiger charge is 2.19. The maximum Gasteiger partial charge on any atom is 0.355 e. The Kier molecular flexibility index (Phi) is 5.14. The fraction of sp³-hybridized carbons (Fsp3) is 0.136. The molecule has 29 heavy (non-hydrogen) atoms. The molecular formula is C22H19N3O3S. The first kappa shape index (κ1) is 18.9. The van der Waals surface area contributed by atoms with Crippen LogP contribution in [0.25, 0.3) is 10.9 Å². The number of hydrogen-bond donors (Lipinski definition) is 1. The molecule has 4 rings (SSSR count). The molecule has 0 saturated carbocycles. The van der Waals surface area contributed by atoms with Gasteiger partial charge in [0.2, 0.25) is 5.91 Å². The van der Waals surface area contributed by atoms with Crippen LogP contribution in [0.4, 0.5) is 10.8 Å². The topological polar surface area (TPSA) is 75.3 Å². The molecule has 4 aromatic rings. The second-order valence-electron chi connectivity index (χ2n) is 6.66. The molecule has 0 fully saturated rings. The Balaban J connectivity index is 1.48. The second-order valence-corrected chi connectivity index (χ2v) is 7.50. The highest BCUT2D eigenvalue weighted by Crippen LogP contribution is 2.29. The summed E-state index contributed by atoms with van der Waals surface area (Å²) in [4.78, 5) is 33.6. The van der Waals surface area contributed by atoms with E-state index in [1.807, 2.05) is 55.5 Å². The molecule has 0 saturated heterocycles. The monoisotopic (exact) mass is 405 g/mol. The van der Waals surface area contributed by atoms with E-state index >= 15 is 0 Å². The van der Waals surface area contributed by atoms with Gasteiger partial charge in [-0.15, -0.1) is 11.3 Å². The largest absolute Gasteiger partial charge is 0.454 e. The van der Waals surface area contributed by atoms with Crippen LogP contribution >= 0.6 is 11.3 Å². The predicted octanol–water partition coefficient (Wildman–Crippen LogP) is 4.97. The number of nitrogens with one attached hydrogen (secondary N) is 1. The minimum atomic E-state index is -0.446. The van der Waals surface area contributed by atoms with Gasteiger partial charge in [0.25, 0.3) is 0 Å². The first-order valence-electron chi connectivity index (χ1n) is 9.08. The number of carbonyl (C=O) groups excluding carboxylic acids is 2. The van der Waals surface area contributed by atoms with Crippen molar-refractivity contribution in [1.82, 2.24) is 9.97 Å². The molecule has 0 spiro atoms. The summed E-state index contributed by atoms with van der Waals surface area (Å²) in [5.74, 6) is -0.579. The molecule has 0 aliphatic heterocycles. The van der Waals surface area contributed by atoms with E-state index < -0.39 is 5.97 Å². The summed E-state index contributed by atoms with van der Waals surface area (Å²) in [6.07, 6.45) is 0. The SMILES string of the molecule is CC(=O)N(c1cccc(C)c1)c1nc(COC(=O)c2cc3ccccc3[nH]2)cs1. The van der Waals surface area contributed by atoms with Crippen LogP contribution in [0.15, 0.2) is 60.0 Å². The van der Waals surface area contributed by atoms with E-state index in [1.54, 1.807) is 16.3 Å². The zero-order valence-electron chi connectivity index (χ0n) is 16.0. The average Bonchev–Trinajstić information content (AvgIpc) is 3.33. The molecule has 2 aromatic carbocycles. The third-order valence-electron chi connectivity index (χ3n) is 4.41. The molecule has 1 N–H and O–H groups in total. The highest BCUT2D eigenvalue weighted by molar-refractivity contribution is 7.14. The van der Waals surface area contributed by atoms with E-state index in [9.17, 15) is 9.59 Å². The quantitative estimate of drug-likeness (QED) is 0.476. The Morgan fingerprint density at radius 3 is 2.72 bits per heavy atom. The van der Waals surface area contributed by atoms with Crippen molar-refractivity contribution in [3.8, 4) is 0 Å². The number of aromatic nitrogens is 2. The average molecular weight is 405 g/mol. The van der Waals surface area contributed by atoms with E-state index in [-0.39, 0.29) is 12.5 Å². The lowest BCUT2D eigenvalue weighted by atomic mass is 10.2. The summed E-state index contributed by atoms with van der Waals surface area (Å²) < 4.78 is 5.39. The number of para-hydroxylation sites is 1. The maximum absolute atomic E-state index is 12.4. The Labute approximate surface area is 171 Å². The van der Waals surface area contributed by atoms with Crippen molar-refractivity contribution < 1.29 is 14.3 Å². The Morgan fingerprint density at radius 2 is 1.97 bits per heavy atom. The molecule has 7 heteroatoms. The number of hydrogen-bond acceptors (Lipinski definition) is 5. The van der Waals surface area contributed by atoms with Crippen LogP contribution in [0, 0.1) is 6.92 Å². The van der Waals surface area contributed by atoms with Crippen molar-refractivity contribution in [2.75, 3.05) is 4.90 Å². The molecule has 6 nitrogen and oxygen atoms in total. The van der Waals surface area contributed by atoms with Crippen LogP contribution in [0.5, 0.6) is 0 Å². The summed E-state index contributed by atoms with van der Waals surface area (Å²) in [7, 11) is 0. The predicted molar refractivity (Wildman–Crippen MR) is 114 cm³/mol. The second kappa shape index (κ2) is 7.89. The molecule has 146 valence electrons. The number of amides is 1. The fourth-order valence-corrected chi connectivity index (χ4v) is 3.93. The van der Waals surface area contributed by atoms with Crippen LogP contribution in [0.1, 0.15) is 28.7 Å². The minimum Gasteiger partial charge on any atom is -0.454 e. The van der Waals surface area contributed by atoms with Crippen molar-refractivity contribution in [2.24, 2.45) is 0 Å². The van der Waals surface area contributed by atoms with E-state index in [4.69, 9.17) is 4.74 Å². The van der Waals surface area contributed by atoms with Crippen LogP contribution in [0.3, 0.4) is 0 Å². The van der Waals surface area contributed by atoms with Crippen molar-refractivity contribution in [3.63, 3.8) is 0 Å². The number of esters is 1. The number of H-pyrrole nitrogens is 1. The smallest absolute Gasteiger partial charge is 0.355 e. The number of carbonyl (C=O) groups is 2. The number of thiazole rings is 1. The van der Waals surface area contributed by atoms with Gasteiger partial charge in [0.15, 0.2) is 5.13 Å². The van der Waals surface area contributed by atoms with Gasteiger partial charge in [0, 0.05) is 23.2 Å². The Morgan fingerprint density at radius 1 is 1.14 bits per heavy atom. The first-order chi connectivity index (χ1) is 14.0. The van der Waals surface area contributed by atoms with Gasteiger partial charge in [-0.1, -0.05) is 30.3 Å². The van der Waals surface area contributed by atoms with Crippen molar-refractivity contribution in [2.45, 2.75) is 20.5 Å². The van der Waals surface area contributed by atoms with Gasteiger partial charge in [0.1, 0.15) is 12.3 Å². The highest BCUT2D eigenvalue weighted by atomic mass is 32.1. The van der Waals surface area contributed by atoms with Crippen molar-refractivity contribution in [1.29, 1.82) is 0 Å². The number of fused-ring (bicyclic) bond motifs is 1. The van der Waals surface area contributed by atoms with Gasteiger partial charge in [-0.25, -0.2) is 9.78 Å². The standard InChI is InChI=1S/C22H19N3O3S/c1-14-6-5-8-18(10-14)25(15(2)26)22-23-17(13-29-22)12-28-21(27)20-11-16-7-3-4-9-19(16)24-20/h3-11,13,24H,12H2,1-2H3. The molecule has 0 radical (unpaired) electrons. The fourth-order valence-electron chi connectivity index (χ4n) is 3.06. The van der Waals surface area contributed by atoms with Gasteiger partial charge in [-0.2, -0.15) is 0 Å². The van der Waals surface area contributed by atoms with Crippen LogP contribution in [-0.2, 0) is 16.1 Å². The molecule has 2 aromatic heterocycles. The van der Waals surface area contributed by atoms with Crippen LogP contribution in [0.2, 0.25) is 0 Å². The lowest BCUT2D eigenvalue weighted by Crippen LogP contribution is -2.22. The first-order valence-corrected chi connectivity index (χ1v) is 9.96. The number of nitrogens with zero attached hydrogens (tertiary/aromatic N) is 2. The molecule has 0 aliphatic rings. The van der Waals surface area contributed by atoms with Crippen molar-refractivity contribution in [3.05, 3.63) is 76.9 Å². The number of anilines is 2. The van der Waals surface area contributed by atoms with Gasteiger partial charge < -0.3 is 9.72 Å². The van der Waals surface area contributed by atoms with Gasteiger partial charge in [-0.3, -0.25) is 9.69 Å². The van der Waals surface area contributed by atoms with Crippen LogP contribution in [-0.4, -0.2) is 21.8 Å². The number of aryl methyl sites for hydroxylation is 1. The molecule has 0 bridgehead atoms. The Hall–Kier alpha value is -3.45. The van der Waals surface area contributed by atoms with Crippen molar-refractivity contribution >= 4 is 44.9 Å². The normalized spacial score (nSPS) is 10.8. The number of aromatic amines is 1. The molecular weight excluding hydrogens is 386 g/mol. The third kappa shape index (κ3) is 4.05. The minimum absolute atomic E-state index is 0.0320. The Bertz CT molecular complexity index is 1160. The molecule has 0 aliphatic carbocycles. The maximum atomic E-state index is 12.4. The lowest BCUT2D eigenvalue weighted by Gasteiger charge is -2.18. The summed E-state index contributed by atoms with van der Waals surface area (Å²) in [6.45, 7) is 3.50. The van der Waals surface area contributed by atoms with Gasteiger partial charge >= 0.3 is 5.97 Å². The summed E-state index contributed by atoms with van der Waals surface area (Å²) in [5.41, 5.74) is 3.68. The molecule has 0 atom stereocenters. The molecule has 2 heterocycles. The summed E-state index contributed by atoms with van der Waals surface area (Å²) in [6, 6.07) is 17.1. The van der Waals surface area contributed by atoms with E-state index in [0.717, 1.165) is 22.2 Å². The number of benzene rings is 2. The molecule has 0 unspecified atom stereocenters. The van der Waals surface area contributed by atoms with Gasteiger partial charge in [-0.05, 0) is 36.8 Å².